The van der Waals surface area contributed by atoms with E-state index < -0.39 is 20.2 Å². The monoisotopic (exact) mass is 561 g/mol. The van der Waals surface area contributed by atoms with Crippen LogP contribution in [-0.4, -0.2) is 25.9 Å². The fraction of sp³-hybridized carbons (Fsp3) is 0. The molecule has 4 N–H and O–H groups in total. The zero-order valence-electron chi connectivity index (χ0n) is 19.9. The summed E-state index contributed by atoms with van der Waals surface area (Å²) >= 11 is 0. The summed E-state index contributed by atoms with van der Waals surface area (Å²) in [6, 6.07) is 23.4. The third-order valence-electron chi connectivity index (χ3n) is 5.83. The van der Waals surface area contributed by atoms with E-state index in [1.165, 1.54) is 36.4 Å². The average Bonchev–Trinajstić information content (AvgIpc) is 2.91. The van der Waals surface area contributed by atoms with Crippen molar-refractivity contribution in [1.29, 1.82) is 0 Å². The van der Waals surface area contributed by atoms with E-state index in [2.05, 4.69) is 20.5 Å². The van der Waals surface area contributed by atoms with Crippen LogP contribution in [-0.2, 0) is 20.2 Å². The lowest BCUT2D eigenvalue weighted by Gasteiger charge is -2.07. The van der Waals surface area contributed by atoms with Gasteiger partial charge >= 0.3 is 0 Å². The summed E-state index contributed by atoms with van der Waals surface area (Å²) in [5.74, 6) is 0. The van der Waals surface area contributed by atoms with Crippen molar-refractivity contribution < 1.29 is 25.9 Å². The van der Waals surface area contributed by atoms with Gasteiger partial charge < -0.3 is 5.73 Å². The highest BCUT2D eigenvalue weighted by Gasteiger charge is 2.13. The molecule has 0 saturated carbocycles. The van der Waals surface area contributed by atoms with Crippen LogP contribution in [0.1, 0.15) is 0 Å². The molecule has 39 heavy (non-hydrogen) atoms. The molecule has 5 aromatic rings. The van der Waals surface area contributed by atoms with E-state index in [9.17, 15) is 25.9 Å². The molecule has 11 nitrogen and oxygen atoms in total. The molecule has 0 aliphatic rings. The Morgan fingerprint density at radius 1 is 0.513 bits per heavy atom. The summed E-state index contributed by atoms with van der Waals surface area (Å²) in [5, 5.41) is 19.5. The molecule has 0 amide bonds. The lowest BCUT2D eigenvalue weighted by atomic mass is 10.1. The van der Waals surface area contributed by atoms with E-state index in [4.69, 9.17) is 5.73 Å². The second-order valence-electron chi connectivity index (χ2n) is 8.38. The lowest BCUT2D eigenvalue weighted by molar-refractivity contribution is 0.481. The number of benzene rings is 5. The highest BCUT2D eigenvalue weighted by molar-refractivity contribution is 7.86. The number of rotatable bonds is 6. The van der Waals surface area contributed by atoms with Crippen LogP contribution in [0.5, 0.6) is 0 Å². The molecule has 0 aliphatic carbocycles. The van der Waals surface area contributed by atoms with Gasteiger partial charge in [-0.05, 0) is 54.6 Å². The highest BCUT2D eigenvalue weighted by Crippen LogP contribution is 2.37. The van der Waals surface area contributed by atoms with Crippen LogP contribution in [0.2, 0.25) is 0 Å². The number of anilines is 1. The predicted octanol–water partition coefficient (Wildman–Crippen LogP) is 6.90. The Morgan fingerprint density at radius 2 is 1.03 bits per heavy atom. The largest absolute Gasteiger partial charge is 0.398 e. The van der Waals surface area contributed by atoms with Crippen molar-refractivity contribution in [3.63, 3.8) is 0 Å². The smallest absolute Gasteiger partial charge is 0.294 e. The Bertz CT molecular complexity index is 2040. The maximum atomic E-state index is 11.5. The minimum Gasteiger partial charge on any atom is -0.398 e. The Morgan fingerprint density at radius 3 is 1.62 bits per heavy atom. The first-order valence-electron chi connectivity index (χ1n) is 11.2. The molecule has 0 saturated heterocycles. The Kier molecular flexibility index (Phi) is 6.66. The van der Waals surface area contributed by atoms with Gasteiger partial charge in [0.25, 0.3) is 20.2 Å². The zero-order chi connectivity index (χ0) is 27.8. The third kappa shape index (κ3) is 5.51. The van der Waals surface area contributed by atoms with Gasteiger partial charge in [-0.2, -0.15) is 21.9 Å². The molecule has 0 bridgehead atoms. The van der Waals surface area contributed by atoms with E-state index in [0.717, 1.165) is 5.39 Å². The second kappa shape index (κ2) is 9.96. The van der Waals surface area contributed by atoms with Gasteiger partial charge in [0, 0.05) is 27.2 Å². The summed E-state index contributed by atoms with van der Waals surface area (Å²) in [5.41, 5.74) is 8.04. The van der Waals surface area contributed by atoms with Crippen molar-refractivity contribution in [2.45, 2.75) is 9.79 Å². The highest BCUT2D eigenvalue weighted by atomic mass is 32.2. The van der Waals surface area contributed by atoms with Gasteiger partial charge in [0.05, 0.1) is 32.5 Å². The van der Waals surface area contributed by atoms with Crippen LogP contribution in [0, 0.1) is 0 Å². The first-order valence-corrected chi connectivity index (χ1v) is 14.1. The Labute approximate surface area is 222 Å². The number of nitrogens with zero attached hydrogens (tertiary/aromatic N) is 4. The standard InChI is InChI=1S/C26H19N5O6S2/c27-23-10-11-24(21-9-8-18(15-22(21)23)39(35,36)37)30-31-26-13-12-25(19-6-1-2-7-20(19)26)29-28-16-4-3-5-17(14-16)38(32,33)34/h1-15H,27H2,(H,32,33,34)(H,35,36,37)/b29-28+,31-30+. The topological polar surface area (TPSA) is 184 Å². The zero-order valence-corrected chi connectivity index (χ0v) is 21.5. The van der Waals surface area contributed by atoms with Crippen molar-refractivity contribution in [3.05, 3.63) is 91.0 Å². The number of fused-ring (bicyclic) bond motifs is 2. The molecule has 0 spiro atoms. The molecule has 0 aromatic heterocycles. The van der Waals surface area contributed by atoms with E-state index in [0.29, 0.717) is 38.9 Å². The van der Waals surface area contributed by atoms with Gasteiger partial charge in [-0.1, -0.05) is 36.4 Å². The number of nitrogen functional groups attached to an aromatic ring is 1. The van der Waals surface area contributed by atoms with Gasteiger partial charge in [0.15, 0.2) is 0 Å². The average molecular weight is 562 g/mol. The van der Waals surface area contributed by atoms with E-state index in [1.54, 1.807) is 30.3 Å². The number of azo groups is 2. The molecule has 13 heteroatoms. The van der Waals surface area contributed by atoms with Crippen LogP contribution in [0.3, 0.4) is 0 Å². The van der Waals surface area contributed by atoms with E-state index >= 15 is 0 Å². The fourth-order valence-corrected chi connectivity index (χ4v) is 4.98. The molecule has 0 heterocycles. The predicted molar refractivity (Wildman–Crippen MR) is 147 cm³/mol. The normalized spacial score (nSPS) is 12.7. The van der Waals surface area contributed by atoms with Gasteiger partial charge in [0.1, 0.15) is 0 Å². The minimum absolute atomic E-state index is 0.241. The van der Waals surface area contributed by atoms with Crippen LogP contribution in [0.4, 0.5) is 28.4 Å². The van der Waals surface area contributed by atoms with Gasteiger partial charge in [-0.25, -0.2) is 0 Å². The van der Waals surface area contributed by atoms with Crippen molar-refractivity contribution in [3.8, 4) is 0 Å². The van der Waals surface area contributed by atoms with Crippen LogP contribution in [0.15, 0.2) is 121 Å². The molecule has 5 aromatic carbocycles. The van der Waals surface area contributed by atoms with Gasteiger partial charge in [-0.3, -0.25) is 9.11 Å². The summed E-state index contributed by atoms with van der Waals surface area (Å²) in [4.78, 5) is -0.569. The van der Waals surface area contributed by atoms with Gasteiger partial charge in [0.2, 0.25) is 0 Å². The van der Waals surface area contributed by atoms with Gasteiger partial charge in [-0.15, -0.1) is 15.3 Å². The van der Waals surface area contributed by atoms with Crippen LogP contribution >= 0.6 is 0 Å². The SMILES string of the molecule is Nc1ccc(/N=N/c2ccc(/N=N/c3cccc(S(=O)(=O)O)c3)c3ccccc23)c2ccc(S(=O)(=O)O)cc12. The van der Waals surface area contributed by atoms with Crippen LogP contribution in [0.25, 0.3) is 21.5 Å². The molecule has 0 aliphatic heterocycles. The maximum Gasteiger partial charge on any atom is 0.294 e. The molecule has 0 unspecified atom stereocenters. The van der Waals surface area contributed by atoms with E-state index in [-0.39, 0.29) is 15.5 Å². The molecule has 0 atom stereocenters. The second-order valence-corrected chi connectivity index (χ2v) is 11.2. The first kappa shape index (κ1) is 26.1. The van der Waals surface area contributed by atoms with Crippen molar-refractivity contribution in [2.24, 2.45) is 20.5 Å². The Hall–Kier alpha value is -4.56. The number of nitrogens with two attached hydrogens (primary N) is 1. The van der Waals surface area contributed by atoms with Crippen molar-refractivity contribution in [2.75, 3.05) is 5.73 Å². The summed E-state index contributed by atoms with van der Waals surface area (Å²) in [6.45, 7) is 0. The van der Waals surface area contributed by atoms with Crippen LogP contribution < -0.4 is 5.73 Å². The number of hydrogen-bond acceptors (Lipinski definition) is 9. The molecular formula is C26H19N5O6S2. The summed E-state index contributed by atoms with van der Waals surface area (Å²) in [7, 11) is -8.78. The van der Waals surface area contributed by atoms with Crippen molar-refractivity contribution >= 4 is 70.2 Å². The minimum atomic E-state index is -4.40. The molecular weight excluding hydrogens is 542 g/mol. The first-order chi connectivity index (χ1) is 18.5. The molecule has 0 fully saturated rings. The third-order valence-corrected chi connectivity index (χ3v) is 7.53. The van der Waals surface area contributed by atoms with E-state index in [1.807, 2.05) is 24.3 Å². The maximum absolute atomic E-state index is 11.5. The Balaban J connectivity index is 1.52. The molecule has 0 radical (unpaired) electrons. The number of hydrogen-bond donors (Lipinski definition) is 3. The lowest BCUT2D eigenvalue weighted by Crippen LogP contribution is -1.98. The van der Waals surface area contributed by atoms with Crippen molar-refractivity contribution in [1.82, 2.24) is 0 Å². The molecule has 196 valence electrons. The molecule has 5 rings (SSSR count). The summed E-state index contributed by atoms with van der Waals surface area (Å²) < 4.78 is 64.5. The fourth-order valence-electron chi connectivity index (χ4n) is 3.95. The summed E-state index contributed by atoms with van der Waals surface area (Å²) in [6.07, 6.45) is 0. The quantitative estimate of drug-likeness (QED) is 0.114.